The van der Waals surface area contributed by atoms with E-state index >= 15 is 0 Å². The fourth-order valence-corrected chi connectivity index (χ4v) is 1.58. The average molecular weight is 297 g/mol. The number of anilines is 1. The Morgan fingerprint density at radius 1 is 1.38 bits per heavy atom. The highest BCUT2D eigenvalue weighted by Gasteiger charge is 2.07. The maximum absolute atomic E-state index is 12.0. The molecule has 0 aliphatic heterocycles. The molecule has 0 bridgehead atoms. The number of benzene rings is 1. The molecule has 0 atom stereocenters. The molecule has 2 aromatic rings. The van der Waals surface area contributed by atoms with Gasteiger partial charge in [-0.15, -0.1) is 5.10 Å². The standard InChI is InChI=1S/C12H13F2N5O2/c13-12(14)21-10-3-1-8(2-4-10)16-11(20)7-19-6-9(5-15)17-18-19/h1-4,6,12H,5,7,15H2,(H,16,20). The SMILES string of the molecule is NCc1cn(CC(=O)Nc2ccc(OC(F)F)cc2)nn1. The van der Waals surface area contributed by atoms with Crippen LogP contribution in [0, 0.1) is 0 Å². The summed E-state index contributed by atoms with van der Waals surface area (Å²) in [7, 11) is 0. The van der Waals surface area contributed by atoms with Crippen molar-refractivity contribution in [2.75, 3.05) is 5.32 Å². The van der Waals surface area contributed by atoms with Crippen LogP contribution < -0.4 is 15.8 Å². The third kappa shape index (κ3) is 4.49. The Bertz CT molecular complexity index is 600. The molecular formula is C12H13F2N5O2. The Kier molecular flexibility index (Phi) is 4.77. The first-order chi connectivity index (χ1) is 10.1. The Morgan fingerprint density at radius 3 is 2.67 bits per heavy atom. The minimum Gasteiger partial charge on any atom is -0.435 e. The van der Waals surface area contributed by atoms with Gasteiger partial charge < -0.3 is 15.8 Å². The van der Waals surface area contributed by atoms with Gasteiger partial charge in [-0.3, -0.25) is 4.79 Å². The van der Waals surface area contributed by atoms with E-state index < -0.39 is 6.61 Å². The van der Waals surface area contributed by atoms with Gasteiger partial charge >= 0.3 is 6.61 Å². The van der Waals surface area contributed by atoms with Crippen LogP contribution in [-0.4, -0.2) is 27.5 Å². The first-order valence-electron chi connectivity index (χ1n) is 6.00. The molecule has 0 unspecified atom stereocenters. The van der Waals surface area contributed by atoms with E-state index in [0.717, 1.165) is 0 Å². The highest BCUT2D eigenvalue weighted by Crippen LogP contribution is 2.17. The topological polar surface area (TPSA) is 95.1 Å². The summed E-state index contributed by atoms with van der Waals surface area (Å²) in [5.74, 6) is -0.308. The molecular weight excluding hydrogens is 284 g/mol. The zero-order valence-corrected chi connectivity index (χ0v) is 10.9. The smallest absolute Gasteiger partial charge is 0.387 e. The van der Waals surface area contributed by atoms with Crippen LogP contribution in [0.3, 0.4) is 0 Å². The van der Waals surface area contributed by atoms with Crippen molar-refractivity contribution >= 4 is 11.6 Å². The highest BCUT2D eigenvalue weighted by atomic mass is 19.3. The van der Waals surface area contributed by atoms with Crippen molar-refractivity contribution in [3.05, 3.63) is 36.2 Å². The van der Waals surface area contributed by atoms with E-state index in [4.69, 9.17) is 5.73 Å². The van der Waals surface area contributed by atoms with E-state index in [-0.39, 0.29) is 24.7 Å². The number of hydrogen-bond donors (Lipinski definition) is 2. The molecule has 0 spiro atoms. The molecule has 0 saturated heterocycles. The number of aromatic nitrogens is 3. The van der Waals surface area contributed by atoms with E-state index in [0.29, 0.717) is 11.4 Å². The molecule has 112 valence electrons. The van der Waals surface area contributed by atoms with Crippen molar-refractivity contribution in [3.8, 4) is 5.75 Å². The fourth-order valence-electron chi connectivity index (χ4n) is 1.58. The lowest BCUT2D eigenvalue weighted by molar-refractivity contribution is -0.116. The zero-order chi connectivity index (χ0) is 15.2. The molecule has 7 nitrogen and oxygen atoms in total. The number of amides is 1. The van der Waals surface area contributed by atoms with Gasteiger partial charge in [0.05, 0.1) is 11.9 Å². The van der Waals surface area contributed by atoms with E-state index in [9.17, 15) is 13.6 Å². The number of rotatable bonds is 6. The average Bonchev–Trinajstić information content (AvgIpc) is 2.88. The molecule has 2 rings (SSSR count). The van der Waals surface area contributed by atoms with Crippen molar-refractivity contribution in [1.29, 1.82) is 0 Å². The maximum Gasteiger partial charge on any atom is 0.387 e. The van der Waals surface area contributed by atoms with Crippen LogP contribution in [0.15, 0.2) is 30.5 Å². The van der Waals surface area contributed by atoms with Crippen molar-refractivity contribution in [3.63, 3.8) is 0 Å². The summed E-state index contributed by atoms with van der Waals surface area (Å²) in [5, 5.41) is 10.1. The molecule has 0 aliphatic rings. The second-order valence-electron chi connectivity index (χ2n) is 4.06. The molecule has 9 heteroatoms. The molecule has 0 fully saturated rings. The second-order valence-corrected chi connectivity index (χ2v) is 4.06. The van der Waals surface area contributed by atoms with Crippen LogP contribution in [0.2, 0.25) is 0 Å². The lowest BCUT2D eigenvalue weighted by Crippen LogP contribution is -2.19. The van der Waals surface area contributed by atoms with E-state index in [1.807, 2.05) is 0 Å². The Balaban J connectivity index is 1.90. The van der Waals surface area contributed by atoms with Gasteiger partial charge in [-0.1, -0.05) is 5.21 Å². The first kappa shape index (κ1) is 14.9. The summed E-state index contributed by atoms with van der Waals surface area (Å²) in [4.78, 5) is 11.8. The van der Waals surface area contributed by atoms with Crippen molar-refractivity contribution in [2.45, 2.75) is 19.7 Å². The van der Waals surface area contributed by atoms with Crippen molar-refractivity contribution in [2.24, 2.45) is 5.73 Å². The summed E-state index contributed by atoms with van der Waals surface area (Å²) in [6.45, 7) is -2.66. The van der Waals surface area contributed by atoms with Crippen LogP contribution >= 0.6 is 0 Å². The number of ether oxygens (including phenoxy) is 1. The summed E-state index contributed by atoms with van der Waals surface area (Å²) in [6.07, 6.45) is 1.57. The van der Waals surface area contributed by atoms with Crippen LogP contribution in [0.25, 0.3) is 0 Å². The number of nitrogens with two attached hydrogens (primary N) is 1. The number of halogens is 2. The van der Waals surface area contributed by atoms with Crippen LogP contribution in [0.4, 0.5) is 14.5 Å². The van der Waals surface area contributed by atoms with Gasteiger partial charge in [0.15, 0.2) is 0 Å². The first-order valence-corrected chi connectivity index (χ1v) is 6.00. The zero-order valence-electron chi connectivity index (χ0n) is 10.9. The van der Waals surface area contributed by atoms with E-state index in [2.05, 4.69) is 20.4 Å². The minimum atomic E-state index is -2.88. The van der Waals surface area contributed by atoms with E-state index in [1.165, 1.54) is 28.9 Å². The van der Waals surface area contributed by atoms with Gasteiger partial charge in [-0.2, -0.15) is 8.78 Å². The number of nitrogens with one attached hydrogen (secondary N) is 1. The lowest BCUT2D eigenvalue weighted by atomic mass is 10.3. The predicted molar refractivity (Wildman–Crippen MR) is 69.6 cm³/mol. The number of alkyl halides is 2. The fraction of sp³-hybridized carbons (Fsp3) is 0.250. The van der Waals surface area contributed by atoms with Crippen LogP contribution in [-0.2, 0) is 17.9 Å². The molecule has 21 heavy (non-hydrogen) atoms. The molecule has 0 radical (unpaired) electrons. The van der Waals surface area contributed by atoms with Crippen LogP contribution in [0.5, 0.6) is 5.75 Å². The quantitative estimate of drug-likeness (QED) is 0.828. The summed E-state index contributed by atoms with van der Waals surface area (Å²) < 4.78 is 29.5. The van der Waals surface area contributed by atoms with Gasteiger partial charge in [-0.05, 0) is 24.3 Å². The minimum absolute atomic E-state index is 0.0202. The number of carbonyl (C=O) groups is 1. The number of hydrogen-bond acceptors (Lipinski definition) is 5. The van der Waals surface area contributed by atoms with Crippen molar-refractivity contribution < 1.29 is 18.3 Å². The monoisotopic (exact) mass is 297 g/mol. The van der Waals surface area contributed by atoms with Gasteiger partial charge in [0.1, 0.15) is 12.3 Å². The molecule has 0 saturated carbocycles. The predicted octanol–water partition coefficient (Wildman–Crippen LogP) is 0.977. The number of carbonyl (C=O) groups excluding carboxylic acids is 1. The van der Waals surface area contributed by atoms with Crippen molar-refractivity contribution in [1.82, 2.24) is 15.0 Å². The largest absolute Gasteiger partial charge is 0.435 e. The second kappa shape index (κ2) is 6.75. The van der Waals surface area contributed by atoms with E-state index in [1.54, 1.807) is 6.20 Å². The molecule has 1 aromatic heterocycles. The molecule has 1 aromatic carbocycles. The molecule has 0 aliphatic carbocycles. The molecule has 1 heterocycles. The van der Waals surface area contributed by atoms with Gasteiger partial charge in [0.25, 0.3) is 0 Å². The Hall–Kier alpha value is -2.55. The number of nitrogens with zero attached hydrogens (tertiary/aromatic N) is 3. The summed E-state index contributed by atoms with van der Waals surface area (Å²) in [6, 6.07) is 5.60. The summed E-state index contributed by atoms with van der Waals surface area (Å²) in [5.41, 5.74) is 6.42. The highest BCUT2D eigenvalue weighted by molar-refractivity contribution is 5.90. The molecule has 1 amide bonds. The normalized spacial score (nSPS) is 10.7. The summed E-state index contributed by atoms with van der Waals surface area (Å²) >= 11 is 0. The molecule has 3 N–H and O–H groups in total. The third-order valence-corrected chi connectivity index (χ3v) is 2.46. The Labute approximate surface area is 118 Å². The third-order valence-electron chi connectivity index (χ3n) is 2.46. The van der Waals surface area contributed by atoms with Gasteiger partial charge in [-0.25, -0.2) is 4.68 Å². The lowest BCUT2D eigenvalue weighted by Gasteiger charge is -2.07. The van der Waals surface area contributed by atoms with Gasteiger partial charge in [0.2, 0.25) is 5.91 Å². The van der Waals surface area contributed by atoms with Gasteiger partial charge in [0, 0.05) is 12.2 Å². The Morgan fingerprint density at radius 2 is 2.10 bits per heavy atom. The maximum atomic E-state index is 12.0. The van der Waals surface area contributed by atoms with Crippen LogP contribution in [0.1, 0.15) is 5.69 Å².